The van der Waals surface area contributed by atoms with Crippen LogP contribution in [0.4, 0.5) is 13.2 Å². The molecule has 0 aromatic heterocycles. The number of allylic oxidation sites excluding steroid dienone is 1. The van der Waals surface area contributed by atoms with E-state index in [1.54, 1.807) is 0 Å². The van der Waals surface area contributed by atoms with Gasteiger partial charge in [-0.15, -0.1) is 0 Å². The monoisotopic (exact) mass is 208 g/mol. The smallest absolute Gasteiger partial charge is 0.448 e. The summed E-state index contributed by atoms with van der Waals surface area (Å²) in [6.45, 7) is 2.26. The molecule has 74 valence electrons. The van der Waals surface area contributed by atoms with Crippen LogP contribution in [0.3, 0.4) is 0 Å². The number of hydrogen-bond acceptors (Lipinski definition) is 3. The second kappa shape index (κ2) is 4.31. The van der Waals surface area contributed by atoms with Crippen molar-refractivity contribution in [1.82, 2.24) is 0 Å². The van der Waals surface area contributed by atoms with Crippen LogP contribution in [0, 0.1) is 0 Å². The SMILES string of the molecule is C=C(O)C(F)(F)F.CS(=O)(=O)O. The molecule has 0 radical (unpaired) electrons. The van der Waals surface area contributed by atoms with E-state index in [0.717, 1.165) is 0 Å². The van der Waals surface area contributed by atoms with E-state index in [1.165, 1.54) is 0 Å². The summed E-state index contributed by atoms with van der Waals surface area (Å²) in [5.74, 6) is -1.76. The lowest BCUT2D eigenvalue weighted by atomic mass is 10.6. The van der Waals surface area contributed by atoms with Gasteiger partial charge in [0, 0.05) is 0 Å². The first-order valence-corrected chi connectivity index (χ1v) is 4.17. The fraction of sp³-hybridized carbons (Fsp3) is 0.500. The van der Waals surface area contributed by atoms with E-state index in [4.69, 9.17) is 9.66 Å². The lowest BCUT2D eigenvalue weighted by Gasteiger charge is -1.99. The van der Waals surface area contributed by atoms with Gasteiger partial charge < -0.3 is 5.11 Å². The van der Waals surface area contributed by atoms with Gasteiger partial charge in [0.25, 0.3) is 10.1 Å². The molecule has 0 aromatic carbocycles. The van der Waals surface area contributed by atoms with Crippen molar-refractivity contribution >= 4 is 10.1 Å². The van der Waals surface area contributed by atoms with E-state index in [-0.39, 0.29) is 0 Å². The van der Waals surface area contributed by atoms with Crippen molar-refractivity contribution in [2.75, 3.05) is 6.26 Å². The average molecular weight is 208 g/mol. The quantitative estimate of drug-likeness (QED) is 0.462. The summed E-state index contributed by atoms with van der Waals surface area (Å²) in [6.07, 6.45) is -3.92. The van der Waals surface area contributed by atoms with Gasteiger partial charge in [-0.2, -0.15) is 21.6 Å². The summed E-state index contributed by atoms with van der Waals surface area (Å²) >= 11 is 0. The van der Waals surface area contributed by atoms with Gasteiger partial charge in [-0.3, -0.25) is 4.55 Å². The summed E-state index contributed by atoms with van der Waals surface area (Å²) < 4.78 is 58.4. The Morgan fingerprint density at radius 2 is 1.50 bits per heavy atom. The third-order valence-corrected chi connectivity index (χ3v) is 0.327. The zero-order chi connectivity index (χ0) is 10.6. The largest absolute Gasteiger partial charge is 0.505 e. The molecule has 0 atom stereocenters. The lowest BCUT2D eigenvalue weighted by molar-refractivity contribution is -0.119. The van der Waals surface area contributed by atoms with Crippen molar-refractivity contribution < 1.29 is 31.2 Å². The molecule has 0 saturated carbocycles. The highest BCUT2D eigenvalue weighted by Crippen LogP contribution is 2.20. The first-order valence-electron chi connectivity index (χ1n) is 2.32. The minimum atomic E-state index is -4.64. The van der Waals surface area contributed by atoms with Gasteiger partial charge >= 0.3 is 6.18 Å². The zero-order valence-electron chi connectivity index (χ0n) is 5.96. The molecule has 2 N–H and O–H groups in total. The van der Waals surface area contributed by atoms with Crippen molar-refractivity contribution in [3.8, 4) is 0 Å². The molecular formula is C4H7F3O4S. The second-order valence-corrected chi connectivity index (χ2v) is 3.14. The van der Waals surface area contributed by atoms with Gasteiger partial charge in [-0.05, 0) is 0 Å². The molecule has 0 bridgehead atoms. The van der Waals surface area contributed by atoms with E-state index in [9.17, 15) is 21.6 Å². The van der Waals surface area contributed by atoms with Crippen molar-refractivity contribution in [1.29, 1.82) is 0 Å². The van der Waals surface area contributed by atoms with Crippen LogP contribution in [0.2, 0.25) is 0 Å². The number of aliphatic hydroxyl groups excluding tert-OH is 1. The number of hydrogen-bond donors (Lipinski definition) is 2. The Bertz CT molecular complexity index is 232. The van der Waals surface area contributed by atoms with Crippen LogP contribution >= 0.6 is 0 Å². The summed E-state index contributed by atoms with van der Waals surface area (Å²) in [7, 11) is -3.67. The number of alkyl halides is 3. The predicted octanol–water partition coefficient (Wildman–Crippen LogP) is 1.12. The topological polar surface area (TPSA) is 74.6 Å². The van der Waals surface area contributed by atoms with E-state index in [2.05, 4.69) is 6.58 Å². The second-order valence-electron chi connectivity index (χ2n) is 1.68. The molecular weight excluding hydrogens is 201 g/mol. The maximum Gasteiger partial charge on any atom is 0.448 e. The fourth-order valence-electron chi connectivity index (χ4n) is 0. The highest BCUT2D eigenvalue weighted by atomic mass is 32.2. The van der Waals surface area contributed by atoms with Crippen LogP contribution in [0.1, 0.15) is 0 Å². The molecule has 4 nitrogen and oxygen atoms in total. The third kappa shape index (κ3) is 22.8. The third-order valence-electron chi connectivity index (χ3n) is 0.327. The van der Waals surface area contributed by atoms with E-state index in [0.29, 0.717) is 6.26 Å². The maximum atomic E-state index is 10.8. The molecule has 12 heavy (non-hydrogen) atoms. The van der Waals surface area contributed by atoms with Crippen LogP contribution in [0.5, 0.6) is 0 Å². The Hall–Kier alpha value is -0.760. The minimum Gasteiger partial charge on any atom is -0.505 e. The summed E-state index contributed by atoms with van der Waals surface area (Å²) in [6, 6.07) is 0. The Balaban J connectivity index is 0. The Kier molecular flexibility index (Phi) is 4.96. The van der Waals surface area contributed by atoms with Crippen LogP contribution < -0.4 is 0 Å². The molecule has 0 fully saturated rings. The average Bonchev–Trinajstić information content (AvgIpc) is 1.55. The highest BCUT2D eigenvalue weighted by molar-refractivity contribution is 7.85. The van der Waals surface area contributed by atoms with Gasteiger partial charge in [0.1, 0.15) is 0 Å². The van der Waals surface area contributed by atoms with Crippen LogP contribution in [0.25, 0.3) is 0 Å². The zero-order valence-corrected chi connectivity index (χ0v) is 6.78. The lowest BCUT2D eigenvalue weighted by Crippen LogP contribution is -2.09. The summed E-state index contributed by atoms with van der Waals surface area (Å²) in [4.78, 5) is 0. The fourth-order valence-corrected chi connectivity index (χ4v) is 0. The molecule has 0 aliphatic carbocycles. The summed E-state index contributed by atoms with van der Waals surface area (Å²) in [5.41, 5.74) is 0. The molecule has 0 saturated heterocycles. The number of rotatable bonds is 0. The van der Waals surface area contributed by atoms with E-state index >= 15 is 0 Å². The molecule has 0 amide bonds. The molecule has 0 aliphatic rings. The van der Waals surface area contributed by atoms with E-state index in [1.807, 2.05) is 0 Å². The molecule has 0 aliphatic heterocycles. The van der Waals surface area contributed by atoms with E-state index < -0.39 is 22.1 Å². The highest BCUT2D eigenvalue weighted by Gasteiger charge is 2.31. The maximum absolute atomic E-state index is 10.8. The van der Waals surface area contributed by atoms with Gasteiger partial charge in [0.15, 0.2) is 5.76 Å². The van der Waals surface area contributed by atoms with Gasteiger partial charge in [0.05, 0.1) is 6.26 Å². The van der Waals surface area contributed by atoms with Crippen molar-refractivity contribution in [2.45, 2.75) is 6.18 Å². The van der Waals surface area contributed by atoms with Crippen LogP contribution in [-0.4, -0.2) is 30.5 Å². The summed E-state index contributed by atoms with van der Waals surface area (Å²) in [5, 5.41) is 7.57. The van der Waals surface area contributed by atoms with Gasteiger partial charge in [-0.1, -0.05) is 6.58 Å². The molecule has 8 heteroatoms. The minimum absolute atomic E-state index is 0.715. The van der Waals surface area contributed by atoms with Crippen LogP contribution in [0.15, 0.2) is 12.3 Å². The van der Waals surface area contributed by atoms with Gasteiger partial charge in [-0.25, -0.2) is 0 Å². The van der Waals surface area contributed by atoms with Crippen LogP contribution in [-0.2, 0) is 10.1 Å². The molecule has 0 unspecified atom stereocenters. The van der Waals surface area contributed by atoms with Crippen molar-refractivity contribution in [2.24, 2.45) is 0 Å². The standard InChI is InChI=1S/C3H3F3O.CH4O3S/c1-2(7)3(4,5)6;1-5(2,3)4/h7H,1H2;1H3,(H,2,3,4). The molecule has 0 heterocycles. The Morgan fingerprint density at radius 3 is 1.50 bits per heavy atom. The van der Waals surface area contributed by atoms with Crippen molar-refractivity contribution in [3.05, 3.63) is 12.3 Å². The first-order chi connectivity index (χ1) is 4.94. The Morgan fingerprint density at radius 1 is 1.42 bits per heavy atom. The normalized spacial score (nSPS) is 11.4. The van der Waals surface area contributed by atoms with Gasteiger partial charge in [0.2, 0.25) is 0 Å². The number of aliphatic hydroxyl groups is 1. The molecule has 0 rings (SSSR count). The molecule has 0 aromatic rings. The first kappa shape index (κ1) is 13.8. The number of halogens is 3. The predicted molar refractivity (Wildman–Crippen MR) is 35.3 cm³/mol. The molecule has 0 spiro atoms. The van der Waals surface area contributed by atoms with Crippen molar-refractivity contribution in [3.63, 3.8) is 0 Å². The Labute approximate surface area is 67.1 Å².